The molecular formula is C20H20N4O3. The smallest absolute Gasteiger partial charge is 0.270 e. The monoisotopic (exact) mass is 364 g/mol. The van der Waals surface area contributed by atoms with Gasteiger partial charge in [-0.25, -0.2) is 4.98 Å². The van der Waals surface area contributed by atoms with Gasteiger partial charge in [-0.05, 0) is 37.1 Å². The number of hydrogen-bond donors (Lipinski definition) is 2. The fraction of sp³-hybridized carbons (Fsp3) is 0.250. The van der Waals surface area contributed by atoms with E-state index in [2.05, 4.69) is 10.3 Å². The number of likely N-dealkylation sites (tertiary alicyclic amines) is 1. The van der Waals surface area contributed by atoms with Gasteiger partial charge in [0.2, 0.25) is 0 Å². The number of hydrogen-bond acceptors (Lipinski definition) is 5. The third kappa shape index (κ3) is 3.36. The van der Waals surface area contributed by atoms with Crippen LogP contribution in [0.15, 0.2) is 59.7 Å². The summed E-state index contributed by atoms with van der Waals surface area (Å²) in [5.41, 5.74) is 0.693. The van der Waals surface area contributed by atoms with Crippen molar-refractivity contribution < 1.29 is 9.90 Å². The van der Waals surface area contributed by atoms with Gasteiger partial charge >= 0.3 is 0 Å². The number of nitrogens with one attached hydrogen (secondary N) is 1. The van der Waals surface area contributed by atoms with Crippen LogP contribution in [0.1, 0.15) is 23.2 Å². The van der Waals surface area contributed by atoms with Gasteiger partial charge in [-0.1, -0.05) is 18.2 Å². The topological polar surface area (TPSA) is 86.9 Å². The molecule has 0 spiro atoms. The third-order valence-corrected chi connectivity index (χ3v) is 4.80. The van der Waals surface area contributed by atoms with Crippen LogP contribution in [0.5, 0.6) is 5.75 Å². The van der Waals surface area contributed by atoms with Crippen molar-refractivity contribution in [1.82, 2.24) is 14.3 Å². The van der Waals surface area contributed by atoms with Crippen molar-refractivity contribution in [3.63, 3.8) is 0 Å². The molecule has 2 N–H and O–H groups in total. The lowest BCUT2D eigenvalue weighted by atomic mass is 10.0. The molecule has 3 aromatic rings. The van der Waals surface area contributed by atoms with Crippen LogP contribution in [-0.2, 0) is 0 Å². The SMILES string of the molecule is O=C(c1cnc2c(O)cccn2c1=O)N1CCC[C@@H](Nc2ccccc2)C1. The summed E-state index contributed by atoms with van der Waals surface area (Å²) in [7, 11) is 0. The van der Waals surface area contributed by atoms with E-state index in [-0.39, 0.29) is 28.9 Å². The molecule has 1 aromatic carbocycles. The number of carbonyl (C=O) groups excluding carboxylic acids is 1. The van der Waals surface area contributed by atoms with Gasteiger partial charge in [-0.2, -0.15) is 0 Å². The van der Waals surface area contributed by atoms with E-state index in [0.717, 1.165) is 18.5 Å². The number of aromatic hydroxyl groups is 1. The predicted octanol–water partition coefficient (Wildman–Crippen LogP) is 2.12. The second-order valence-electron chi connectivity index (χ2n) is 6.66. The molecule has 1 saturated heterocycles. The maximum absolute atomic E-state index is 12.9. The first-order valence-electron chi connectivity index (χ1n) is 8.94. The molecule has 2 aromatic heterocycles. The Hall–Kier alpha value is -3.35. The molecule has 1 fully saturated rings. The summed E-state index contributed by atoms with van der Waals surface area (Å²) in [6, 6.07) is 13.0. The predicted molar refractivity (Wildman–Crippen MR) is 102 cm³/mol. The van der Waals surface area contributed by atoms with Gasteiger partial charge in [-0.3, -0.25) is 14.0 Å². The molecule has 1 aliphatic heterocycles. The summed E-state index contributed by atoms with van der Waals surface area (Å²) in [5.74, 6) is -0.427. The molecular weight excluding hydrogens is 344 g/mol. The number of carbonyl (C=O) groups is 1. The summed E-state index contributed by atoms with van der Waals surface area (Å²) in [6.07, 6.45) is 4.58. The molecule has 0 bridgehead atoms. The Morgan fingerprint density at radius 3 is 2.81 bits per heavy atom. The summed E-state index contributed by atoms with van der Waals surface area (Å²) >= 11 is 0. The Morgan fingerprint density at radius 2 is 2.00 bits per heavy atom. The maximum atomic E-state index is 12.9. The van der Waals surface area contributed by atoms with Crippen LogP contribution in [0, 0.1) is 0 Å². The molecule has 1 amide bonds. The van der Waals surface area contributed by atoms with Crippen molar-refractivity contribution in [2.45, 2.75) is 18.9 Å². The molecule has 1 aliphatic rings. The van der Waals surface area contributed by atoms with Crippen LogP contribution < -0.4 is 10.9 Å². The van der Waals surface area contributed by atoms with E-state index in [1.807, 2.05) is 30.3 Å². The quantitative estimate of drug-likeness (QED) is 0.743. The van der Waals surface area contributed by atoms with Gasteiger partial charge in [0.1, 0.15) is 5.56 Å². The van der Waals surface area contributed by atoms with Crippen molar-refractivity contribution in [3.05, 3.63) is 70.8 Å². The number of benzene rings is 1. The highest BCUT2D eigenvalue weighted by molar-refractivity contribution is 5.94. The van der Waals surface area contributed by atoms with Crippen LogP contribution in [0.2, 0.25) is 0 Å². The minimum Gasteiger partial charge on any atom is -0.504 e. The molecule has 3 heterocycles. The average Bonchev–Trinajstić information content (AvgIpc) is 2.69. The first kappa shape index (κ1) is 17.1. The number of rotatable bonds is 3. The maximum Gasteiger partial charge on any atom is 0.270 e. The van der Waals surface area contributed by atoms with Crippen LogP contribution in [0.25, 0.3) is 5.65 Å². The largest absolute Gasteiger partial charge is 0.504 e. The highest BCUT2D eigenvalue weighted by atomic mass is 16.3. The molecule has 1 atom stereocenters. The highest BCUT2D eigenvalue weighted by Crippen LogP contribution is 2.18. The van der Waals surface area contributed by atoms with Crippen molar-refractivity contribution in [2.75, 3.05) is 18.4 Å². The van der Waals surface area contributed by atoms with Crippen molar-refractivity contribution in [1.29, 1.82) is 0 Å². The van der Waals surface area contributed by atoms with Crippen LogP contribution in [0.4, 0.5) is 5.69 Å². The summed E-state index contributed by atoms with van der Waals surface area (Å²) < 4.78 is 1.20. The van der Waals surface area contributed by atoms with Crippen molar-refractivity contribution in [3.8, 4) is 5.75 Å². The minimum atomic E-state index is -0.473. The molecule has 0 saturated carbocycles. The second kappa shape index (κ2) is 7.11. The zero-order valence-corrected chi connectivity index (χ0v) is 14.7. The van der Waals surface area contributed by atoms with Gasteiger partial charge in [-0.15, -0.1) is 0 Å². The molecule has 0 aliphatic carbocycles. The summed E-state index contributed by atoms with van der Waals surface area (Å²) in [5, 5.41) is 13.3. The second-order valence-corrected chi connectivity index (χ2v) is 6.66. The number of para-hydroxylation sites is 1. The number of anilines is 1. The lowest BCUT2D eigenvalue weighted by Crippen LogP contribution is -2.46. The summed E-state index contributed by atoms with van der Waals surface area (Å²) in [4.78, 5) is 31.4. The van der Waals surface area contributed by atoms with E-state index in [9.17, 15) is 14.7 Å². The summed E-state index contributed by atoms with van der Waals surface area (Å²) in [6.45, 7) is 1.13. The molecule has 7 nitrogen and oxygen atoms in total. The van der Waals surface area contributed by atoms with Gasteiger partial charge in [0, 0.05) is 37.2 Å². The average molecular weight is 364 g/mol. The Kier molecular flexibility index (Phi) is 4.50. The van der Waals surface area contributed by atoms with Crippen molar-refractivity contribution in [2.24, 2.45) is 0 Å². The fourth-order valence-corrected chi connectivity index (χ4v) is 3.46. The first-order chi connectivity index (χ1) is 13.1. The number of amides is 1. The zero-order valence-electron chi connectivity index (χ0n) is 14.7. The molecule has 27 heavy (non-hydrogen) atoms. The van der Waals surface area contributed by atoms with Crippen LogP contribution in [-0.4, -0.2) is 44.4 Å². The van der Waals surface area contributed by atoms with Crippen LogP contribution >= 0.6 is 0 Å². The van der Waals surface area contributed by atoms with E-state index < -0.39 is 5.56 Å². The molecule has 0 unspecified atom stereocenters. The van der Waals surface area contributed by atoms with Crippen molar-refractivity contribution >= 4 is 17.2 Å². The van der Waals surface area contributed by atoms with E-state index in [0.29, 0.717) is 13.1 Å². The zero-order chi connectivity index (χ0) is 18.8. The Balaban J connectivity index is 1.56. The van der Waals surface area contributed by atoms with E-state index >= 15 is 0 Å². The number of fused-ring (bicyclic) bond motifs is 1. The molecule has 138 valence electrons. The molecule has 0 radical (unpaired) electrons. The van der Waals surface area contributed by atoms with Gasteiger partial charge in [0.25, 0.3) is 11.5 Å². The lowest BCUT2D eigenvalue weighted by Gasteiger charge is -2.33. The fourth-order valence-electron chi connectivity index (χ4n) is 3.46. The van der Waals surface area contributed by atoms with Gasteiger partial charge in [0.15, 0.2) is 11.4 Å². The number of piperidine rings is 1. The van der Waals surface area contributed by atoms with E-state index in [1.165, 1.54) is 22.9 Å². The molecule has 7 heteroatoms. The third-order valence-electron chi connectivity index (χ3n) is 4.80. The number of aromatic nitrogens is 2. The Labute approximate surface area is 155 Å². The van der Waals surface area contributed by atoms with Crippen LogP contribution in [0.3, 0.4) is 0 Å². The highest BCUT2D eigenvalue weighted by Gasteiger charge is 2.26. The lowest BCUT2D eigenvalue weighted by molar-refractivity contribution is 0.0712. The Bertz CT molecular complexity index is 1030. The standard InChI is InChI=1S/C20H20N4O3/c25-17-9-5-11-24-18(17)21-12-16(20(24)27)19(26)23-10-4-8-15(13-23)22-14-6-2-1-3-7-14/h1-3,5-7,9,11-12,15,22,25H,4,8,10,13H2/t15-/m1/s1. The minimum absolute atomic E-state index is 0.0125. The molecule has 4 rings (SSSR count). The number of nitrogens with zero attached hydrogens (tertiary/aromatic N) is 3. The van der Waals surface area contributed by atoms with E-state index in [4.69, 9.17) is 0 Å². The van der Waals surface area contributed by atoms with E-state index in [1.54, 1.807) is 11.0 Å². The Morgan fingerprint density at radius 1 is 1.19 bits per heavy atom. The van der Waals surface area contributed by atoms with Gasteiger partial charge in [0.05, 0.1) is 0 Å². The number of pyridine rings is 1. The normalized spacial score (nSPS) is 17.0. The van der Waals surface area contributed by atoms with Gasteiger partial charge < -0.3 is 15.3 Å². The first-order valence-corrected chi connectivity index (χ1v) is 8.94.